The summed E-state index contributed by atoms with van der Waals surface area (Å²) in [4.78, 5) is 24.5. The quantitative estimate of drug-likeness (QED) is 0.617. The van der Waals surface area contributed by atoms with Crippen molar-refractivity contribution in [2.75, 3.05) is 25.5 Å². The molecule has 2 aromatic rings. The van der Waals surface area contributed by atoms with Gasteiger partial charge < -0.3 is 19.7 Å². The zero-order valence-corrected chi connectivity index (χ0v) is 13.6. The van der Waals surface area contributed by atoms with Gasteiger partial charge in [0.1, 0.15) is 11.4 Å². The molecular formula is C16H19N3O5. The predicted octanol–water partition coefficient (Wildman–Crippen LogP) is 1.89. The van der Waals surface area contributed by atoms with Gasteiger partial charge in [0, 0.05) is 31.9 Å². The predicted molar refractivity (Wildman–Crippen MR) is 88.0 cm³/mol. The lowest BCUT2D eigenvalue weighted by Gasteiger charge is -2.22. The molecule has 0 aliphatic rings. The van der Waals surface area contributed by atoms with Crippen LogP contribution in [0.5, 0.6) is 0 Å². The maximum Gasteiger partial charge on any atom is 0.270 e. The molecule has 0 aliphatic heterocycles. The summed E-state index contributed by atoms with van der Waals surface area (Å²) in [7, 11) is 3.47. The van der Waals surface area contributed by atoms with Crippen LogP contribution >= 0.6 is 0 Å². The van der Waals surface area contributed by atoms with E-state index in [1.165, 1.54) is 31.4 Å². The molecule has 8 nitrogen and oxygen atoms in total. The molecule has 2 N–H and O–H groups in total. The van der Waals surface area contributed by atoms with Crippen LogP contribution in [0.1, 0.15) is 23.0 Å². The van der Waals surface area contributed by atoms with Crippen LogP contribution < -0.4 is 10.2 Å². The van der Waals surface area contributed by atoms with E-state index in [0.717, 1.165) is 0 Å². The summed E-state index contributed by atoms with van der Waals surface area (Å²) in [6.07, 6.45) is 1.43. The summed E-state index contributed by atoms with van der Waals surface area (Å²) >= 11 is 0. The molecule has 1 aromatic carbocycles. The molecule has 0 saturated carbocycles. The van der Waals surface area contributed by atoms with Crippen molar-refractivity contribution in [3.8, 4) is 0 Å². The molecule has 1 heterocycles. The van der Waals surface area contributed by atoms with Gasteiger partial charge in [0.15, 0.2) is 0 Å². The van der Waals surface area contributed by atoms with Gasteiger partial charge in [-0.3, -0.25) is 14.9 Å². The Balaban J connectivity index is 2.22. The lowest BCUT2D eigenvalue weighted by Crippen LogP contribution is -2.38. The molecule has 24 heavy (non-hydrogen) atoms. The molecule has 1 atom stereocenters. The largest absolute Gasteiger partial charge is 0.466 e. The van der Waals surface area contributed by atoms with E-state index in [9.17, 15) is 20.0 Å². The Morgan fingerprint density at radius 3 is 2.67 bits per heavy atom. The number of amides is 1. The molecule has 8 heteroatoms. The Morgan fingerprint density at radius 1 is 1.42 bits per heavy atom. The number of nitro benzene ring substituents is 1. The first kappa shape index (κ1) is 17.5. The van der Waals surface area contributed by atoms with Crippen LogP contribution in [-0.4, -0.2) is 36.6 Å². The molecule has 128 valence electrons. The number of nitrogens with one attached hydrogen (secondary N) is 1. The summed E-state index contributed by atoms with van der Waals surface area (Å²) in [6, 6.07) is 7.30. The van der Waals surface area contributed by atoms with E-state index < -0.39 is 16.4 Å². The van der Waals surface area contributed by atoms with Crippen LogP contribution in [0.4, 0.5) is 11.4 Å². The van der Waals surface area contributed by atoms with E-state index in [0.29, 0.717) is 11.4 Å². The standard InChI is InChI=1S/C16H19N3O5/c1-16(21,14-5-4-8-24-14)10-17-15(20)12-9-11(19(22)23)6-7-13(12)18(2)3/h4-9,21H,10H2,1-3H3,(H,17,20). The van der Waals surface area contributed by atoms with E-state index in [1.807, 2.05) is 0 Å². The highest BCUT2D eigenvalue weighted by atomic mass is 16.6. The highest BCUT2D eigenvalue weighted by Gasteiger charge is 2.28. The zero-order chi connectivity index (χ0) is 17.9. The van der Waals surface area contributed by atoms with Gasteiger partial charge in [0.25, 0.3) is 11.6 Å². The molecule has 0 aliphatic carbocycles. The minimum absolute atomic E-state index is 0.102. The third-order valence-electron chi connectivity index (χ3n) is 3.56. The highest BCUT2D eigenvalue weighted by Crippen LogP contribution is 2.25. The van der Waals surface area contributed by atoms with Crippen LogP contribution in [0, 0.1) is 10.1 Å². The van der Waals surface area contributed by atoms with Crippen LogP contribution in [0.25, 0.3) is 0 Å². The van der Waals surface area contributed by atoms with Gasteiger partial charge in [-0.25, -0.2) is 0 Å². The number of aliphatic hydroxyl groups is 1. The van der Waals surface area contributed by atoms with E-state index in [-0.39, 0.29) is 17.8 Å². The molecule has 0 fully saturated rings. The number of benzene rings is 1. The lowest BCUT2D eigenvalue weighted by atomic mass is 10.0. The van der Waals surface area contributed by atoms with Crippen molar-refractivity contribution < 1.29 is 19.2 Å². The second-order valence-corrected chi connectivity index (χ2v) is 5.79. The fourth-order valence-corrected chi connectivity index (χ4v) is 2.23. The molecular weight excluding hydrogens is 314 g/mol. The van der Waals surface area contributed by atoms with E-state index in [1.54, 1.807) is 31.1 Å². The minimum Gasteiger partial charge on any atom is -0.466 e. The molecule has 0 radical (unpaired) electrons. The number of carbonyl (C=O) groups is 1. The molecule has 0 spiro atoms. The third-order valence-corrected chi connectivity index (χ3v) is 3.56. The number of anilines is 1. The van der Waals surface area contributed by atoms with Gasteiger partial charge in [0.2, 0.25) is 0 Å². The summed E-state index contributed by atoms with van der Waals surface area (Å²) < 4.78 is 5.15. The van der Waals surface area contributed by atoms with Crippen LogP contribution in [0.15, 0.2) is 41.0 Å². The van der Waals surface area contributed by atoms with Crippen molar-refractivity contribution in [1.82, 2.24) is 5.32 Å². The SMILES string of the molecule is CN(C)c1ccc([N+](=O)[O-])cc1C(=O)NCC(C)(O)c1ccco1. The van der Waals surface area contributed by atoms with Gasteiger partial charge in [-0.15, -0.1) is 0 Å². The Hall–Kier alpha value is -2.87. The number of furan rings is 1. The molecule has 2 rings (SSSR count). The first-order chi connectivity index (χ1) is 11.2. The second-order valence-electron chi connectivity index (χ2n) is 5.79. The number of rotatable bonds is 6. The summed E-state index contributed by atoms with van der Waals surface area (Å²) in [5, 5.41) is 23.9. The number of hydrogen-bond acceptors (Lipinski definition) is 6. The molecule has 1 amide bonds. The van der Waals surface area contributed by atoms with Crippen molar-refractivity contribution >= 4 is 17.3 Å². The fraction of sp³-hybridized carbons (Fsp3) is 0.312. The summed E-state index contributed by atoms with van der Waals surface area (Å²) in [6.45, 7) is 1.40. The number of nitro groups is 1. The number of nitrogens with zero attached hydrogens (tertiary/aromatic N) is 2. The van der Waals surface area contributed by atoms with Crippen LogP contribution in [0.2, 0.25) is 0 Å². The third kappa shape index (κ3) is 3.72. The van der Waals surface area contributed by atoms with E-state index >= 15 is 0 Å². The number of non-ortho nitro benzene ring substituents is 1. The molecule has 1 aromatic heterocycles. The van der Waals surface area contributed by atoms with Crippen molar-refractivity contribution in [2.45, 2.75) is 12.5 Å². The first-order valence-electron chi connectivity index (χ1n) is 7.22. The van der Waals surface area contributed by atoms with E-state index in [4.69, 9.17) is 4.42 Å². The second kappa shape index (κ2) is 6.71. The van der Waals surface area contributed by atoms with Gasteiger partial charge in [-0.2, -0.15) is 0 Å². The monoisotopic (exact) mass is 333 g/mol. The topological polar surface area (TPSA) is 109 Å². The smallest absolute Gasteiger partial charge is 0.270 e. The fourth-order valence-electron chi connectivity index (χ4n) is 2.23. The van der Waals surface area contributed by atoms with Crippen LogP contribution in [0.3, 0.4) is 0 Å². The highest BCUT2D eigenvalue weighted by molar-refractivity contribution is 6.00. The van der Waals surface area contributed by atoms with Gasteiger partial charge in [-0.05, 0) is 25.1 Å². The Kier molecular flexibility index (Phi) is 4.89. The minimum atomic E-state index is -1.39. The summed E-state index contributed by atoms with van der Waals surface area (Å²) in [5.41, 5.74) is -0.873. The molecule has 0 bridgehead atoms. The van der Waals surface area contributed by atoms with Crippen molar-refractivity contribution in [3.63, 3.8) is 0 Å². The van der Waals surface area contributed by atoms with Crippen molar-refractivity contribution in [2.24, 2.45) is 0 Å². The number of hydrogen-bond donors (Lipinski definition) is 2. The lowest BCUT2D eigenvalue weighted by molar-refractivity contribution is -0.384. The average molecular weight is 333 g/mol. The number of carbonyl (C=O) groups excluding carboxylic acids is 1. The van der Waals surface area contributed by atoms with Crippen molar-refractivity contribution in [1.29, 1.82) is 0 Å². The van der Waals surface area contributed by atoms with E-state index in [2.05, 4.69) is 5.32 Å². The van der Waals surface area contributed by atoms with Gasteiger partial charge in [-0.1, -0.05) is 0 Å². The van der Waals surface area contributed by atoms with Crippen LogP contribution in [-0.2, 0) is 5.60 Å². The summed E-state index contributed by atoms with van der Waals surface area (Å²) in [5.74, 6) is -0.205. The zero-order valence-electron chi connectivity index (χ0n) is 13.6. The average Bonchev–Trinajstić information content (AvgIpc) is 3.07. The normalized spacial score (nSPS) is 13.2. The maximum absolute atomic E-state index is 12.5. The van der Waals surface area contributed by atoms with Crippen molar-refractivity contribution in [3.05, 3.63) is 58.0 Å². The first-order valence-corrected chi connectivity index (χ1v) is 7.22. The molecule has 0 saturated heterocycles. The molecule has 1 unspecified atom stereocenters. The Bertz CT molecular complexity index is 738. The Labute approximate surface area is 138 Å². The van der Waals surface area contributed by atoms with Gasteiger partial charge >= 0.3 is 0 Å². The Morgan fingerprint density at radius 2 is 2.12 bits per heavy atom. The maximum atomic E-state index is 12.5. The van der Waals surface area contributed by atoms with Gasteiger partial charge in [0.05, 0.1) is 23.3 Å².